The zero-order valence-electron chi connectivity index (χ0n) is 10.6. The van der Waals surface area contributed by atoms with Crippen LogP contribution in [0.2, 0.25) is 5.02 Å². The Balaban J connectivity index is 2.62. The smallest absolute Gasteiger partial charge is 0.320 e. The molecule has 0 spiro atoms. The Bertz CT molecular complexity index is 409. The number of hydrogen-bond acceptors (Lipinski definition) is 3. The second kappa shape index (κ2) is 7.24. The fourth-order valence-electron chi connectivity index (χ4n) is 1.66. The number of ether oxygens (including phenoxy) is 1. The van der Waals surface area contributed by atoms with Crippen molar-refractivity contribution in [1.29, 1.82) is 0 Å². The van der Waals surface area contributed by atoms with Gasteiger partial charge in [-0.25, -0.2) is 0 Å². The van der Waals surface area contributed by atoms with Crippen molar-refractivity contribution in [3.63, 3.8) is 0 Å². The van der Waals surface area contributed by atoms with Crippen molar-refractivity contribution in [3.8, 4) is 5.75 Å². The third-order valence-corrected chi connectivity index (χ3v) is 2.94. The molecule has 0 aliphatic heterocycles. The second-order valence-electron chi connectivity index (χ2n) is 4.03. The summed E-state index contributed by atoms with van der Waals surface area (Å²) in [6.07, 6.45) is 1.44. The van der Waals surface area contributed by atoms with Gasteiger partial charge in [-0.2, -0.15) is 0 Å². The van der Waals surface area contributed by atoms with Crippen molar-refractivity contribution in [2.75, 3.05) is 7.11 Å². The third-order valence-electron chi connectivity index (χ3n) is 2.64. The largest absolute Gasteiger partial charge is 0.495 e. The predicted octanol–water partition coefficient (Wildman–Crippen LogP) is 2.69. The highest BCUT2D eigenvalue weighted by Gasteiger charge is 2.15. The van der Waals surface area contributed by atoms with Gasteiger partial charge in [-0.15, -0.1) is 0 Å². The molecule has 1 rings (SSSR count). The van der Waals surface area contributed by atoms with Gasteiger partial charge in [0.25, 0.3) is 0 Å². The number of halogens is 1. The Morgan fingerprint density at radius 1 is 1.56 bits per heavy atom. The van der Waals surface area contributed by atoms with Gasteiger partial charge in [0.15, 0.2) is 0 Å². The van der Waals surface area contributed by atoms with E-state index in [0.717, 1.165) is 12.0 Å². The van der Waals surface area contributed by atoms with Crippen LogP contribution in [-0.2, 0) is 11.3 Å². The minimum atomic E-state index is -0.823. The predicted molar refractivity (Wildman–Crippen MR) is 71.2 cm³/mol. The van der Waals surface area contributed by atoms with E-state index in [2.05, 4.69) is 5.32 Å². The van der Waals surface area contributed by atoms with Crippen molar-refractivity contribution < 1.29 is 14.6 Å². The summed E-state index contributed by atoms with van der Waals surface area (Å²) in [7, 11) is 1.56. The first-order chi connectivity index (χ1) is 8.58. The first-order valence-corrected chi connectivity index (χ1v) is 6.24. The average Bonchev–Trinajstić information content (AvgIpc) is 2.34. The Kier molecular flexibility index (Phi) is 5.95. The lowest BCUT2D eigenvalue weighted by molar-refractivity contribution is -0.139. The molecule has 0 bridgehead atoms. The van der Waals surface area contributed by atoms with E-state index in [1.165, 1.54) is 0 Å². The maximum Gasteiger partial charge on any atom is 0.320 e. The standard InChI is InChI=1S/C13H18ClNO3/c1-3-4-11(13(16)17)15-8-9-5-6-12(18-2)10(14)7-9/h5-7,11,15H,3-4,8H2,1-2H3,(H,16,17). The van der Waals surface area contributed by atoms with E-state index in [9.17, 15) is 4.79 Å². The molecule has 1 aromatic carbocycles. The lowest BCUT2D eigenvalue weighted by atomic mass is 10.1. The lowest BCUT2D eigenvalue weighted by Gasteiger charge is -2.14. The molecule has 18 heavy (non-hydrogen) atoms. The number of nitrogens with one attached hydrogen (secondary N) is 1. The molecule has 0 aromatic heterocycles. The van der Waals surface area contributed by atoms with E-state index >= 15 is 0 Å². The summed E-state index contributed by atoms with van der Waals surface area (Å²) in [5.74, 6) is -0.208. The van der Waals surface area contributed by atoms with Gasteiger partial charge in [0.05, 0.1) is 12.1 Å². The monoisotopic (exact) mass is 271 g/mol. The highest BCUT2D eigenvalue weighted by Crippen LogP contribution is 2.24. The highest BCUT2D eigenvalue weighted by atomic mass is 35.5. The Labute approximate surface area is 112 Å². The summed E-state index contributed by atoms with van der Waals surface area (Å²) in [5, 5.41) is 12.5. The Morgan fingerprint density at radius 3 is 2.78 bits per heavy atom. The summed E-state index contributed by atoms with van der Waals surface area (Å²) in [6.45, 7) is 2.43. The van der Waals surface area contributed by atoms with Crippen LogP contribution < -0.4 is 10.1 Å². The van der Waals surface area contributed by atoms with Gasteiger partial charge < -0.3 is 15.2 Å². The average molecular weight is 272 g/mol. The number of benzene rings is 1. The molecule has 0 aliphatic carbocycles. The molecule has 5 heteroatoms. The van der Waals surface area contributed by atoms with Gasteiger partial charge in [-0.05, 0) is 24.1 Å². The molecule has 1 unspecified atom stereocenters. The number of hydrogen-bond donors (Lipinski definition) is 2. The van der Waals surface area contributed by atoms with Gasteiger partial charge in [-0.3, -0.25) is 4.79 Å². The number of carboxylic acid groups (broad SMARTS) is 1. The van der Waals surface area contributed by atoms with Crippen LogP contribution >= 0.6 is 11.6 Å². The first kappa shape index (κ1) is 14.8. The highest BCUT2D eigenvalue weighted by molar-refractivity contribution is 6.32. The fourth-order valence-corrected chi connectivity index (χ4v) is 1.94. The molecule has 4 nitrogen and oxygen atoms in total. The fraction of sp³-hybridized carbons (Fsp3) is 0.462. The minimum Gasteiger partial charge on any atom is -0.495 e. The minimum absolute atomic E-state index is 0.473. The van der Waals surface area contributed by atoms with E-state index in [0.29, 0.717) is 23.7 Å². The first-order valence-electron chi connectivity index (χ1n) is 5.87. The maximum atomic E-state index is 11.0. The molecule has 0 amide bonds. The molecule has 1 aromatic rings. The van der Waals surface area contributed by atoms with Crippen molar-refractivity contribution in [1.82, 2.24) is 5.32 Å². The van der Waals surface area contributed by atoms with E-state index in [4.69, 9.17) is 21.4 Å². The number of aliphatic carboxylic acids is 1. The summed E-state index contributed by atoms with van der Waals surface area (Å²) < 4.78 is 5.06. The molecular weight excluding hydrogens is 254 g/mol. The molecule has 0 fully saturated rings. The zero-order chi connectivity index (χ0) is 13.5. The summed E-state index contributed by atoms with van der Waals surface area (Å²) in [6, 6.07) is 4.89. The molecule has 2 N–H and O–H groups in total. The van der Waals surface area contributed by atoms with Crippen LogP contribution in [0.4, 0.5) is 0 Å². The summed E-state index contributed by atoms with van der Waals surface area (Å²) in [4.78, 5) is 11.0. The van der Waals surface area contributed by atoms with Crippen molar-refractivity contribution >= 4 is 17.6 Å². The lowest BCUT2D eigenvalue weighted by Crippen LogP contribution is -2.35. The number of methoxy groups -OCH3 is 1. The molecule has 0 radical (unpaired) electrons. The van der Waals surface area contributed by atoms with Crippen LogP contribution in [0.25, 0.3) is 0 Å². The van der Waals surface area contributed by atoms with Gasteiger partial charge in [0, 0.05) is 6.54 Å². The Hall–Kier alpha value is -1.26. The van der Waals surface area contributed by atoms with Crippen LogP contribution in [0.3, 0.4) is 0 Å². The van der Waals surface area contributed by atoms with Crippen LogP contribution in [0.15, 0.2) is 18.2 Å². The molecule has 0 saturated heterocycles. The molecule has 0 aliphatic rings. The van der Waals surface area contributed by atoms with Crippen molar-refractivity contribution in [2.45, 2.75) is 32.4 Å². The topological polar surface area (TPSA) is 58.6 Å². The van der Waals surface area contributed by atoms with Crippen molar-refractivity contribution in [3.05, 3.63) is 28.8 Å². The molecule has 1 atom stereocenters. The van der Waals surface area contributed by atoms with E-state index < -0.39 is 12.0 Å². The SMILES string of the molecule is CCCC(NCc1ccc(OC)c(Cl)c1)C(=O)O. The Morgan fingerprint density at radius 2 is 2.28 bits per heavy atom. The number of carbonyl (C=O) groups is 1. The zero-order valence-corrected chi connectivity index (χ0v) is 11.3. The van der Waals surface area contributed by atoms with Crippen molar-refractivity contribution in [2.24, 2.45) is 0 Å². The van der Waals surface area contributed by atoms with Gasteiger partial charge in [0.1, 0.15) is 11.8 Å². The van der Waals surface area contributed by atoms with Gasteiger partial charge >= 0.3 is 5.97 Å². The van der Waals surface area contributed by atoms with E-state index in [1.54, 1.807) is 19.2 Å². The van der Waals surface area contributed by atoms with Gasteiger partial charge in [0.2, 0.25) is 0 Å². The normalized spacial score (nSPS) is 12.2. The van der Waals surface area contributed by atoms with Gasteiger partial charge in [-0.1, -0.05) is 31.0 Å². The number of rotatable bonds is 7. The van der Waals surface area contributed by atoms with E-state index in [-0.39, 0.29) is 0 Å². The molecule has 0 heterocycles. The number of carboxylic acids is 1. The second-order valence-corrected chi connectivity index (χ2v) is 4.44. The molecule has 100 valence electrons. The van der Waals surface area contributed by atoms with Crippen LogP contribution in [0, 0.1) is 0 Å². The van der Waals surface area contributed by atoms with Crippen LogP contribution in [-0.4, -0.2) is 24.2 Å². The molecule has 0 saturated carbocycles. The van der Waals surface area contributed by atoms with Crippen LogP contribution in [0.1, 0.15) is 25.3 Å². The summed E-state index contributed by atoms with van der Waals surface area (Å²) >= 11 is 6.00. The van der Waals surface area contributed by atoms with Crippen LogP contribution in [0.5, 0.6) is 5.75 Å². The summed E-state index contributed by atoms with van der Waals surface area (Å²) in [5.41, 5.74) is 0.933. The quantitative estimate of drug-likeness (QED) is 0.801. The van der Waals surface area contributed by atoms with E-state index in [1.807, 2.05) is 13.0 Å². The molecular formula is C13H18ClNO3. The third kappa shape index (κ3) is 4.20. The maximum absolute atomic E-state index is 11.0.